The Morgan fingerprint density at radius 1 is 1.05 bits per heavy atom. The summed E-state index contributed by atoms with van der Waals surface area (Å²) in [4.78, 5) is 1.17. The fourth-order valence-electron chi connectivity index (χ4n) is 2.08. The van der Waals surface area contributed by atoms with E-state index in [2.05, 4.69) is 5.32 Å². The van der Waals surface area contributed by atoms with Gasteiger partial charge in [-0.1, -0.05) is 18.2 Å². The SMILES string of the molecule is CC(N[C@H](C)c1cccs1)c1cccc(C(F)(F)F)c1. The van der Waals surface area contributed by atoms with Crippen LogP contribution < -0.4 is 5.32 Å². The molecule has 0 amide bonds. The topological polar surface area (TPSA) is 12.0 Å². The average Bonchev–Trinajstić information content (AvgIpc) is 2.91. The lowest BCUT2D eigenvalue weighted by Gasteiger charge is -2.20. The van der Waals surface area contributed by atoms with Gasteiger partial charge in [-0.05, 0) is 43.0 Å². The number of thiophene rings is 1. The van der Waals surface area contributed by atoms with Crippen molar-refractivity contribution in [1.29, 1.82) is 0 Å². The molecule has 20 heavy (non-hydrogen) atoms. The molecule has 0 saturated heterocycles. The van der Waals surface area contributed by atoms with E-state index in [0.717, 1.165) is 6.07 Å². The van der Waals surface area contributed by atoms with E-state index >= 15 is 0 Å². The van der Waals surface area contributed by atoms with Crippen LogP contribution in [0.25, 0.3) is 0 Å². The Kier molecular flexibility index (Phi) is 4.50. The number of rotatable bonds is 4. The predicted octanol–water partition coefficient (Wildman–Crippen LogP) is 5.18. The van der Waals surface area contributed by atoms with Gasteiger partial charge in [0.1, 0.15) is 0 Å². The summed E-state index contributed by atoms with van der Waals surface area (Å²) in [5.41, 5.74) is 0.0376. The van der Waals surface area contributed by atoms with Crippen LogP contribution in [0.3, 0.4) is 0 Å². The third-order valence-corrected chi connectivity index (χ3v) is 4.24. The van der Waals surface area contributed by atoms with E-state index in [1.165, 1.54) is 17.0 Å². The maximum absolute atomic E-state index is 12.7. The number of nitrogens with one attached hydrogen (secondary N) is 1. The van der Waals surface area contributed by atoms with Crippen LogP contribution in [0.2, 0.25) is 0 Å². The Morgan fingerprint density at radius 3 is 2.40 bits per heavy atom. The maximum Gasteiger partial charge on any atom is 0.416 e. The summed E-state index contributed by atoms with van der Waals surface area (Å²) >= 11 is 1.63. The molecular formula is C15H16F3NS. The highest BCUT2D eigenvalue weighted by Gasteiger charge is 2.30. The highest BCUT2D eigenvalue weighted by molar-refractivity contribution is 7.10. The monoisotopic (exact) mass is 299 g/mol. The molecule has 1 N–H and O–H groups in total. The fourth-order valence-corrected chi connectivity index (χ4v) is 2.82. The van der Waals surface area contributed by atoms with Crippen LogP contribution in [-0.2, 0) is 6.18 Å². The first kappa shape index (κ1) is 15.1. The number of alkyl halides is 3. The van der Waals surface area contributed by atoms with Gasteiger partial charge >= 0.3 is 6.18 Å². The molecule has 0 spiro atoms. The first-order valence-corrected chi connectivity index (χ1v) is 7.22. The zero-order valence-corrected chi connectivity index (χ0v) is 12.1. The largest absolute Gasteiger partial charge is 0.416 e. The van der Waals surface area contributed by atoms with Crippen LogP contribution in [0.1, 0.15) is 41.9 Å². The number of benzene rings is 1. The Balaban J connectivity index is 2.11. The molecule has 0 fully saturated rings. The minimum Gasteiger partial charge on any atom is -0.303 e. The lowest BCUT2D eigenvalue weighted by molar-refractivity contribution is -0.137. The van der Waals surface area contributed by atoms with E-state index in [4.69, 9.17) is 0 Å². The molecular weight excluding hydrogens is 283 g/mol. The summed E-state index contributed by atoms with van der Waals surface area (Å²) in [7, 11) is 0. The van der Waals surface area contributed by atoms with E-state index < -0.39 is 11.7 Å². The van der Waals surface area contributed by atoms with Gasteiger partial charge in [0.15, 0.2) is 0 Å². The van der Waals surface area contributed by atoms with E-state index in [-0.39, 0.29) is 12.1 Å². The Morgan fingerprint density at radius 2 is 1.80 bits per heavy atom. The van der Waals surface area contributed by atoms with Gasteiger partial charge in [-0.2, -0.15) is 13.2 Å². The van der Waals surface area contributed by atoms with Crippen LogP contribution in [0.15, 0.2) is 41.8 Å². The standard InChI is InChI=1S/C15H16F3NS/c1-10(19-11(2)14-7-4-8-20-14)12-5-3-6-13(9-12)15(16,17)18/h3-11,19H,1-2H3/t10?,11-/m1/s1. The summed E-state index contributed by atoms with van der Waals surface area (Å²) in [6.07, 6.45) is -4.30. The molecule has 1 heterocycles. The summed E-state index contributed by atoms with van der Waals surface area (Å²) in [5.74, 6) is 0. The van der Waals surface area contributed by atoms with Gasteiger partial charge in [0.25, 0.3) is 0 Å². The molecule has 0 aliphatic carbocycles. The van der Waals surface area contributed by atoms with E-state index in [1.54, 1.807) is 17.4 Å². The molecule has 1 aromatic carbocycles. The highest BCUT2D eigenvalue weighted by Crippen LogP contribution is 2.31. The molecule has 0 bridgehead atoms. The van der Waals surface area contributed by atoms with Crippen molar-refractivity contribution in [1.82, 2.24) is 5.32 Å². The van der Waals surface area contributed by atoms with Crippen LogP contribution in [-0.4, -0.2) is 0 Å². The van der Waals surface area contributed by atoms with Crippen LogP contribution >= 0.6 is 11.3 Å². The van der Waals surface area contributed by atoms with Gasteiger partial charge in [-0.3, -0.25) is 0 Å². The van der Waals surface area contributed by atoms with Gasteiger partial charge in [0, 0.05) is 17.0 Å². The summed E-state index contributed by atoms with van der Waals surface area (Å²) in [6, 6.07) is 9.42. The van der Waals surface area contributed by atoms with Crippen LogP contribution in [0.5, 0.6) is 0 Å². The molecule has 2 rings (SSSR count). The Labute approximate surface area is 120 Å². The van der Waals surface area contributed by atoms with Crippen molar-refractivity contribution < 1.29 is 13.2 Å². The third kappa shape index (κ3) is 3.61. The van der Waals surface area contributed by atoms with Crippen LogP contribution in [0.4, 0.5) is 13.2 Å². The Hall–Kier alpha value is -1.33. The van der Waals surface area contributed by atoms with Crippen molar-refractivity contribution in [2.45, 2.75) is 32.1 Å². The average molecular weight is 299 g/mol. The van der Waals surface area contributed by atoms with Crippen molar-refractivity contribution in [2.24, 2.45) is 0 Å². The second kappa shape index (κ2) is 5.97. The molecule has 0 saturated carbocycles. The lowest BCUT2D eigenvalue weighted by atomic mass is 10.0. The minimum absolute atomic E-state index is 0.111. The zero-order valence-electron chi connectivity index (χ0n) is 11.2. The molecule has 0 aliphatic rings. The van der Waals surface area contributed by atoms with Crippen molar-refractivity contribution >= 4 is 11.3 Å². The van der Waals surface area contributed by atoms with Crippen LogP contribution in [0, 0.1) is 0 Å². The molecule has 108 valence electrons. The number of hydrogen-bond acceptors (Lipinski definition) is 2. The molecule has 2 atom stereocenters. The minimum atomic E-state index is -4.30. The second-order valence-electron chi connectivity index (χ2n) is 4.75. The molecule has 5 heteroatoms. The van der Waals surface area contributed by atoms with Gasteiger partial charge in [0.05, 0.1) is 5.56 Å². The highest BCUT2D eigenvalue weighted by atomic mass is 32.1. The quantitative estimate of drug-likeness (QED) is 0.820. The number of hydrogen-bond donors (Lipinski definition) is 1. The van der Waals surface area contributed by atoms with Gasteiger partial charge < -0.3 is 5.32 Å². The molecule has 0 aliphatic heterocycles. The van der Waals surface area contributed by atoms with Crippen molar-refractivity contribution in [3.8, 4) is 0 Å². The van der Waals surface area contributed by atoms with Gasteiger partial charge in [-0.25, -0.2) is 0 Å². The summed E-state index contributed by atoms with van der Waals surface area (Å²) in [6.45, 7) is 3.88. The van der Waals surface area contributed by atoms with Gasteiger partial charge in [0.2, 0.25) is 0 Å². The van der Waals surface area contributed by atoms with E-state index in [9.17, 15) is 13.2 Å². The van der Waals surface area contributed by atoms with E-state index in [0.29, 0.717) is 5.56 Å². The Bertz CT molecular complexity index is 548. The molecule has 1 aromatic heterocycles. The van der Waals surface area contributed by atoms with Gasteiger partial charge in [-0.15, -0.1) is 11.3 Å². The molecule has 2 aromatic rings. The fraction of sp³-hybridized carbons (Fsp3) is 0.333. The lowest BCUT2D eigenvalue weighted by Crippen LogP contribution is -2.22. The maximum atomic E-state index is 12.7. The predicted molar refractivity (Wildman–Crippen MR) is 75.7 cm³/mol. The smallest absolute Gasteiger partial charge is 0.303 e. The molecule has 1 unspecified atom stereocenters. The second-order valence-corrected chi connectivity index (χ2v) is 5.73. The van der Waals surface area contributed by atoms with Crippen molar-refractivity contribution in [3.05, 3.63) is 57.8 Å². The van der Waals surface area contributed by atoms with Crippen molar-refractivity contribution in [3.63, 3.8) is 0 Å². The first-order valence-electron chi connectivity index (χ1n) is 6.34. The summed E-state index contributed by atoms with van der Waals surface area (Å²) in [5, 5.41) is 5.31. The summed E-state index contributed by atoms with van der Waals surface area (Å²) < 4.78 is 38.1. The molecule has 1 nitrogen and oxygen atoms in total. The van der Waals surface area contributed by atoms with E-state index in [1.807, 2.05) is 31.4 Å². The molecule has 0 radical (unpaired) electrons. The zero-order chi connectivity index (χ0) is 14.8. The number of halogens is 3. The normalized spacial score (nSPS) is 15.1. The van der Waals surface area contributed by atoms with Crippen molar-refractivity contribution in [2.75, 3.05) is 0 Å². The third-order valence-electron chi connectivity index (χ3n) is 3.18. The first-order chi connectivity index (χ1) is 9.38.